The minimum absolute atomic E-state index is 0.115. The molecule has 0 bridgehead atoms. The summed E-state index contributed by atoms with van der Waals surface area (Å²) >= 11 is 0. The number of sulfone groups is 1. The van der Waals surface area contributed by atoms with Gasteiger partial charge in [-0.1, -0.05) is 61.5 Å². The van der Waals surface area contributed by atoms with Gasteiger partial charge in [0.05, 0.1) is 5.25 Å². The van der Waals surface area contributed by atoms with Crippen LogP contribution in [-0.2, 0) is 9.84 Å². The molecule has 2 aromatic rings. The monoisotopic (exact) mass is 303 g/mol. The molecule has 2 rings (SSSR count). The summed E-state index contributed by atoms with van der Waals surface area (Å²) in [5, 5.41) is -0.579. The van der Waals surface area contributed by atoms with Gasteiger partial charge in [-0.3, -0.25) is 0 Å². The molecule has 2 N–H and O–H groups in total. The first-order valence-electron chi connectivity index (χ1n) is 7.08. The molecule has 4 heteroatoms. The second-order valence-electron chi connectivity index (χ2n) is 5.17. The molecule has 0 aliphatic heterocycles. The maximum absolute atomic E-state index is 11.9. The maximum atomic E-state index is 11.9. The Morgan fingerprint density at radius 2 is 1.48 bits per heavy atom. The van der Waals surface area contributed by atoms with Crippen LogP contribution >= 0.6 is 0 Å². The van der Waals surface area contributed by atoms with E-state index in [9.17, 15) is 8.42 Å². The van der Waals surface area contributed by atoms with Crippen LogP contribution in [-0.4, -0.2) is 19.4 Å². The summed E-state index contributed by atoms with van der Waals surface area (Å²) in [7, 11) is -3.13. The minimum Gasteiger partial charge on any atom is -0.323 e. The Hall–Kier alpha value is -1.65. The molecular weight excluding hydrogens is 282 g/mol. The first kappa shape index (κ1) is 15.7. The van der Waals surface area contributed by atoms with Gasteiger partial charge in [-0.05, 0) is 23.6 Å². The van der Waals surface area contributed by atoms with E-state index in [-0.39, 0.29) is 5.75 Å². The van der Waals surface area contributed by atoms with Gasteiger partial charge in [0.1, 0.15) is 0 Å². The van der Waals surface area contributed by atoms with Gasteiger partial charge in [0.2, 0.25) is 0 Å². The van der Waals surface area contributed by atoms with E-state index in [0.717, 1.165) is 16.7 Å². The summed E-state index contributed by atoms with van der Waals surface area (Å²) in [4.78, 5) is 0. The molecule has 2 atom stereocenters. The molecule has 0 spiro atoms. The third-order valence-corrected chi connectivity index (χ3v) is 6.11. The van der Waals surface area contributed by atoms with Crippen LogP contribution in [0.4, 0.5) is 0 Å². The quantitative estimate of drug-likeness (QED) is 0.923. The Labute approximate surface area is 126 Å². The molecule has 0 radical (unpaired) electrons. The van der Waals surface area contributed by atoms with Crippen molar-refractivity contribution in [2.45, 2.75) is 25.1 Å². The summed E-state index contributed by atoms with van der Waals surface area (Å²) in [6, 6.07) is 17.3. The molecule has 3 nitrogen and oxygen atoms in total. The second-order valence-corrected chi connectivity index (χ2v) is 7.82. The summed E-state index contributed by atoms with van der Waals surface area (Å²) < 4.78 is 23.8. The fourth-order valence-electron chi connectivity index (χ4n) is 2.29. The molecule has 112 valence electrons. The van der Waals surface area contributed by atoms with E-state index in [1.54, 1.807) is 13.8 Å². The van der Waals surface area contributed by atoms with Crippen molar-refractivity contribution >= 4 is 9.84 Å². The Morgan fingerprint density at radius 3 is 2.00 bits per heavy atom. The number of benzene rings is 2. The summed E-state index contributed by atoms with van der Waals surface area (Å²) in [6.07, 6.45) is 0. The van der Waals surface area contributed by atoms with Gasteiger partial charge in [-0.15, -0.1) is 0 Å². The zero-order valence-corrected chi connectivity index (χ0v) is 13.2. The van der Waals surface area contributed by atoms with Crippen LogP contribution in [0.15, 0.2) is 54.6 Å². The van der Waals surface area contributed by atoms with Gasteiger partial charge in [-0.2, -0.15) is 0 Å². The average Bonchev–Trinajstić information content (AvgIpc) is 2.54. The first-order valence-corrected chi connectivity index (χ1v) is 8.79. The van der Waals surface area contributed by atoms with Crippen molar-refractivity contribution in [3.8, 4) is 11.1 Å². The van der Waals surface area contributed by atoms with Crippen LogP contribution in [0.3, 0.4) is 0 Å². The van der Waals surface area contributed by atoms with E-state index in [2.05, 4.69) is 0 Å². The predicted octanol–water partition coefficient (Wildman–Crippen LogP) is 3.18. The average molecular weight is 303 g/mol. The minimum atomic E-state index is -3.13. The van der Waals surface area contributed by atoms with Crippen LogP contribution < -0.4 is 5.73 Å². The van der Waals surface area contributed by atoms with Gasteiger partial charge in [0, 0.05) is 11.8 Å². The van der Waals surface area contributed by atoms with E-state index < -0.39 is 21.1 Å². The van der Waals surface area contributed by atoms with E-state index in [0.29, 0.717) is 0 Å². The van der Waals surface area contributed by atoms with Crippen LogP contribution in [0.25, 0.3) is 11.1 Å². The topological polar surface area (TPSA) is 60.2 Å². The van der Waals surface area contributed by atoms with Crippen molar-refractivity contribution in [1.29, 1.82) is 0 Å². The van der Waals surface area contributed by atoms with Crippen LogP contribution in [0.1, 0.15) is 25.5 Å². The highest BCUT2D eigenvalue weighted by atomic mass is 32.2. The Morgan fingerprint density at radius 1 is 0.952 bits per heavy atom. The molecule has 0 amide bonds. The van der Waals surface area contributed by atoms with Crippen LogP contribution in [0.5, 0.6) is 0 Å². The Balaban J connectivity index is 2.23. The van der Waals surface area contributed by atoms with Gasteiger partial charge in [-0.25, -0.2) is 8.42 Å². The lowest BCUT2D eigenvalue weighted by molar-refractivity contribution is 0.566. The number of hydrogen-bond donors (Lipinski definition) is 1. The molecule has 2 aromatic carbocycles. The smallest absolute Gasteiger partial charge is 0.154 e. The highest BCUT2D eigenvalue weighted by Crippen LogP contribution is 2.24. The van der Waals surface area contributed by atoms with Crippen molar-refractivity contribution in [2.75, 3.05) is 5.75 Å². The van der Waals surface area contributed by atoms with Crippen molar-refractivity contribution in [2.24, 2.45) is 5.73 Å². The zero-order chi connectivity index (χ0) is 15.5. The second kappa shape index (κ2) is 6.41. The molecule has 0 saturated carbocycles. The van der Waals surface area contributed by atoms with E-state index >= 15 is 0 Å². The molecule has 0 heterocycles. The van der Waals surface area contributed by atoms with E-state index in [1.807, 2.05) is 54.6 Å². The molecule has 0 aliphatic rings. The summed E-state index contributed by atoms with van der Waals surface area (Å²) in [5.74, 6) is 0.115. The highest BCUT2D eigenvalue weighted by molar-refractivity contribution is 7.92. The number of nitrogens with two attached hydrogens (primary N) is 1. The highest BCUT2D eigenvalue weighted by Gasteiger charge is 2.26. The van der Waals surface area contributed by atoms with Crippen LogP contribution in [0, 0.1) is 0 Å². The molecule has 0 unspecified atom stereocenters. The van der Waals surface area contributed by atoms with E-state index in [4.69, 9.17) is 5.73 Å². The fraction of sp³-hybridized carbons (Fsp3) is 0.294. The third kappa shape index (κ3) is 3.52. The lowest BCUT2D eigenvalue weighted by atomic mass is 10.00. The molecular formula is C17H21NO2S. The third-order valence-electron chi connectivity index (χ3n) is 3.88. The fourth-order valence-corrected chi connectivity index (χ4v) is 3.42. The maximum Gasteiger partial charge on any atom is 0.154 e. The summed E-state index contributed by atoms with van der Waals surface area (Å²) in [5.41, 5.74) is 9.18. The van der Waals surface area contributed by atoms with Crippen molar-refractivity contribution in [1.82, 2.24) is 0 Å². The number of hydrogen-bond acceptors (Lipinski definition) is 3. The van der Waals surface area contributed by atoms with Crippen LogP contribution in [0.2, 0.25) is 0 Å². The van der Waals surface area contributed by atoms with Crippen molar-refractivity contribution < 1.29 is 8.42 Å². The molecule has 0 saturated heterocycles. The SMILES string of the molecule is CCS(=O)(=O)[C@H](C)[C@H](N)c1ccc(-c2ccccc2)cc1. The Kier molecular flexibility index (Phi) is 4.80. The van der Waals surface area contributed by atoms with Gasteiger partial charge in [0.25, 0.3) is 0 Å². The van der Waals surface area contributed by atoms with Gasteiger partial charge in [0.15, 0.2) is 9.84 Å². The lowest BCUT2D eigenvalue weighted by Gasteiger charge is -2.20. The zero-order valence-electron chi connectivity index (χ0n) is 12.4. The molecule has 0 fully saturated rings. The first-order chi connectivity index (χ1) is 9.95. The standard InChI is InChI=1S/C17H21NO2S/c1-3-21(19,20)13(2)17(18)16-11-9-15(10-12-16)14-7-5-4-6-8-14/h4-13,17H,3,18H2,1-2H3/t13-,17+/m1/s1. The Bertz CT molecular complexity index is 678. The van der Waals surface area contributed by atoms with Gasteiger partial charge >= 0.3 is 0 Å². The van der Waals surface area contributed by atoms with Crippen molar-refractivity contribution in [3.05, 3.63) is 60.2 Å². The summed E-state index contributed by atoms with van der Waals surface area (Å²) in [6.45, 7) is 3.33. The van der Waals surface area contributed by atoms with Crippen molar-refractivity contribution in [3.63, 3.8) is 0 Å². The van der Waals surface area contributed by atoms with Gasteiger partial charge < -0.3 is 5.73 Å². The molecule has 0 aliphatic carbocycles. The lowest BCUT2D eigenvalue weighted by Crippen LogP contribution is -2.32. The van der Waals surface area contributed by atoms with E-state index in [1.165, 1.54) is 0 Å². The largest absolute Gasteiger partial charge is 0.323 e. The molecule has 21 heavy (non-hydrogen) atoms. The normalized spacial score (nSPS) is 14.6. The number of rotatable bonds is 5. The predicted molar refractivity (Wildman–Crippen MR) is 87.7 cm³/mol. The molecule has 0 aromatic heterocycles.